The monoisotopic (exact) mass is 253 g/mol. The summed E-state index contributed by atoms with van der Waals surface area (Å²) in [6, 6.07) is 3.96. The van der Waals surface area contributed by atoms with Gasteiger partial charge in [0.15, 0.2) is 0 Å². The molecule has 0 fully saturated rings. The molecule has 0 radical (unpaired) electrons. The molecule has 4 heteroatoms. The summed E-state index contributed by atoms with van der Waals surface area (Å²) in [7, 11) is 0. The van der Waals surface area contributed by atoms with Gasteiger partial charge in [-0.3, -0.25) is 0 Å². The molecule has 0 saturated carbocycles. The van der Waals surface area contributed by atoms with Crippen molar-refractivity contribution in [2.45, 2.75) is 13.0 Å². The van der Waals surface area contributed by atoms with Crippen molar-refractivity contribution in [3.8, 4) is 5.75 Å². The molecule has 0 aromatic heterocycles. The third-order valence-electron chi connectivity index (χ3n) is 2.14. The molecule has 72 valence electrons. The van der Waals surface area contributed by atoms with E-state index in [1.807, 2.05) is 12.1 Å². The zero-order chi connectivity index (χ0) is 9.97. The number of fused-ring (bicyclic) bond motifs is 1. The lowest BCUT2D eigenvalue weighted by Crippen LogP contribution is -1.91. The summed E-state index contributed by atoms with van der Waals surface area (Å²) in [6.07, 6.45) is 2.45. The van der Waals surface area contributed by atoms with Crippen LogP contribution in [0, 0.1) is 0 Å². The third kappa shape index (κ3) is 1.72. The van der Waals surface area contributed by atoms with Gasteiger partial charge >= 0.3 is 0 Å². The second-order valence-corrected chi connectivity index (χ2v) is 3.97. The molecule has 0 bridgehead atoms. The number of aliphatic imine (C=N–C) groups is 1. The molecule has 0 amide bonds. The van der Waals surface area contributed by atoms with Crippen molar-refractivity contribution in [2.75, 3.05) is 6.61 Å². The fourth-order valence-electron chi connectivity index (χ4n) is 1.58. The summed E-state index contributed by atoms with van der Waals surface area (Å²) in [4.78, 5) is 13.6. The van der Waals surface area contributed by atoms with Crippen LogP contribution in [0.1, 0.15) is 11.1 Å². The Bertz CT molecular complexity index is 411. The number of benzene rings is 1. The molecule has 0 spiro atoms. The van der Waals surface area contributed by atoms with Crippen LogP contribution in [-0.2, 0) is 17.8 Å². The zero-order valence-electron chi connectivity index (χ0n) is 7.42. The van der Waals surface area contributed by atoms with Crippen molar-refractivity contribution in [1.29, 1.82) is 0 Å². The van der Waals surface area contributed by atoms with E-state index in [4.69, 9.17) is 4.74 Å². The first-order valence-corrected chi connectivity index (χ1v) is 5.08. The Morgan fingerprint density at radius 2 is 2.43 bits per heavy atom. The summed E-state index contributed by atoms with van der Waals surface area (Å²) >= 11 is 3.41. The van der Waals surface area contributed by atoms with Crippen LogP contribution in [0.2, 0.25) is 0 Å². The van der Waals surface area contributed by atoms with Crippen molar-refractivity contribution in [3.05, 3.63) is 27.7 Å². The van der Waals surface area contributed by atoms with E-state index >= 15 is 0 Å². The Hall–Kier alpha value is -1.12. The average molecular weight is 254 g/mol. The molecule has 1 aliphatic heterocycles. The van der Waals surface area contributed by atoms with E-state index in [2.05, 4.69) is 20.9 Å². The number of hydrogen-bond acceptors (Lipinski definition) is 3. The maximum absolute atomic E-state index is 10.0. The Balaban J connectivity index is 2.43. The Morgan fingerprint density at radius 1 is 1.57 bits per heavy atom. The molecule has 0 saturated heterocycles. The molecule has 0 atom stereocenters. The van der Waals surface area contributed by atoms with E-state index in [-0.39, 0.29) is 0 Å². The zero-order valence-corrected chi connectivity index (χ0v) is 9.00. The van der Waals surface area contributed by atoms with Gasteiger partial charge in [0.25, 0.3) is 0 Å². The minimum atomic E-state index is 0.339. The number of carbonyl (C=O) groups excluding carboxylic acids is 1. The van der Waals surface area contributed by atoms with Crippen LogP contribution in [0.25, 0.3) is 0 Å². The predicted octanol–water partition coefficient (Wildman–Crippen LogP) is 2.22. The predicted molar refractivity (Wildman–Crippen MR) is 55.2 cm³/mol. The van der Waals surface area contributed by atoms with Gasteiger partial charge in [0.05, 0.1) is 13.2 Å². The number of rotatable bonds is 2. The van der Waals surface area contributed by atoms with Crippen LogP contribution >= 0.6 is 15.9 Å². The smallest absolute Gasteiger partial charge is 0.235 e. The highest BCUT2D eigenvalue weighted by atomic mass is 79.9. The fraction of sp³-hybridized carbons (Fsp3) is 0.300. The Kier molecular flexibility index (Phi) is 2.66. The first kappa shape index (κ1) is 9.44. The lowest BCUT2D eigenvalue weighted by Gasteiger charge is -2.05. The second-order valence-electron chi connectivity index (χ2n) is 3.06. The third-order valence-corrected chi connectivity index (χ3v) is 2.60. The van der Waals surface area contributed by atoms with Crippen LogP contribution in [0.4, 0.5) is 0 Å². The van der Waals surface area contributed by atoms with Gasteiger partial charge in [0, 0.05) is 16.5 Å². The van der Waals surface area contributed by atoms with Crippen molar-refractivity contribution < 1.29 is 9.53 Å². The summed E-state index contributed by atoms with van der Waals surface area (Å²) in [5, 5.41) is 0. The summed E-state index contributed by atoms with van der Waals surface area (Å²) in [5.41, 5.74) is 2.12. The van der Waals surface area contributed by atoms with Crippen LogP contribution in [0.5, 0.6) is 5.75 Å². The standard InChI is InChI=1S/C10H8BrNO2/c11-9-3-7-1-2-14-10(7)8(4-9)5-12-6-13/h3-4H,1-2,5H2. The van der Waals surface area contributed by atoms with Crippen LogP contribution in [-0.4, -0.2) is 12.7 Å². The number of halogens is 1. The van der Waals surface area contributed by atoms with E-state index in [1.165, 1.54) is 11.6 Å². The first-order valence-electron chi connectivity index (χ1n) is 4.29. The second kappa shape index (κ2) is 3.95. The highest BCUT2D eigenvalue weighted by Gasteiger charge is 2.16. The number of nitrogens with zero attached hydrogens (tertiary/aromatic N) is 1. The molecular weight excluding hydrogens is 246 g/mol. The minimum Gasteiger partial charge on any atom is -0.493 e. The number of ether oxygens (including phenoxy) is 1. The molecule has 1 aliphatic rings. The quantitative estimate of drug-likeness (QED) is 0.599. The molecule has 0 aliphatic carbocycles. The number of hydrogen-bond donors (Lipinski definition) is 0. The van der Waals surface area contributed by atoms with Crippen molar-refractivity contribution in [3.63, 3.8) is 0 Å². The van der Waals surface area contributed by atoms with Crippen molar-refractivity contribution >= 4 is 22.0 Å². The van der Waals surface area contributed by atoms with Gasteiger partial charge in [-0.2, -0.15) is 0 Å². The van der Waals surface area contributed by atoms with Gasteiger partial charge in [-0.15, -0.1) is 0 Å². The summed E-state index contributed by atoms with van der Waals surface area (Å²) in [5.74, 6) is 0.882. The molecular formula is C10H8BrNO2. The van der Waals surface area contributed by atoms with Gasteiger partial charge < -0.3 is 4.74 Å². The molecule has 0 unspecified atom stereocenters. The van der Waals surface area contributed by atoms with Gasteiger partial charge in [0.1, 0.15) is 5.75 Å². The van der Waals surface area contributed by atoms with Gasteiger partial charge in [-0.05, 0) is 17.7 Å². The molecule has 0 N–H and O–H groups in total. The topological polar surface area (TPSA) is 38.7 Å². The largest absolute Gasteiger partial charge is 0.493 e. The molecule has 3 nitrogen and oxygen atoms in total. The average Bonchev–Trinajstić information content (AvgIpc) is 2.61. The van der Waals surface area contributed by atoms with Gasteiger partial charge in [-0.25, -0.2) is 9.79 Å². The lowest BCUT2D eigenvalue weighted by atomic mass is 10.1. The van der Waals surface area contributed by atoms with Crippen LogP contribution in [0.15, 0.2) is 21.6 Å². The van der Waals surface area contributed by atoms with Crippen molar-refractivity contribution in [1.82, 2.24) is 0 Å². The van der Waals surface area contributed by atoms with Crippen LogP contribution < -0.4 is 4.74 Å². The highest BCUT2D eigenvalue weighted by molar-refractivity contribution is 9.10. The minimum absolute atomic E-state index is 0.339. The van der Waals surface area contributed by atoms with E-state index in [9.17, 15) is 4.79 Å². The van der Waals surface area contributed by atoms with E-state index in [1.54, 1.807) is 0 Å². The van der Waals surface area contributed by atoms with E-state index < -0.39 is 0 Å². The van der Waals surface area contributed by atoms with Gasteiger partial charge in [0.2, 0.25) is 6.08 Å². The van der Waals surface area contributed by atoms with E-state index in [0.717, 1.165) is 22.2 Å². The normalized spacial score (nSPS) is 12.9. The maximum Gasteiger partial charge on any atom is 0.235 e. The van der Waals surface area contributed by atoms with Crippen LogP contribution in [0.3, 0.4) is 0 Å². The maximum atomic E-state index is 10.0. The Morgan fingerprint density at radius 3 is 3.21 bits per heavy atom. The molecule has 1 heterocycles. The van der Waals surface area contributed by atoms with E-state index in [0.29, 0.717) is 13.2 Å². The fourth-order valence-corrected chi connectivity index (χ4v) is 2.13. The molecule has 14 heavy (non-hydrogen) atoms. The SMILES string of the molecule is O=C=NCc1cc(Br)cc2c1OCC2. The Labute approximate surface area is 89.9 Å². The molecule has 1 aromatic carbocycles. The lowest BCUT2D eigenvalue weighted by molar-refractivity contribution is 0.353. The summed E-state index contributed by atoms with van der Waals surface area (Å²) < 4.78 is 6.47. The highest BCUT2D eigenvalue weighted by Crippen LogP contribution is 2.33. The molecule has 1 aromatic rings. The molecule has 2 rings (SSSR count). The first-order chi connectivity index (χ1) is 6.81. The van der Waals surface area contributed by atoms with Crippen molar-refractivity contribution in [2.24, 2.45) is 4.99 Å². The summed E-state index contributed by atoms with van der Waals surface area (Å²) in [6.45, 7) is 1.05. The van der Waals surface area contributed by atoms with Gasteiger partial charge in [-0.1, -0.05) is 15.9 Å². The number of isocyanates is 1.